The molecule has 1 aliphatic carbocycles. The third-order valence-corrected chi connectivity index (χ3v) is 3.63. The van der Waals surface area contributed by atoms with E-state index in [1.54, 1.807) is 0 Å². The van der Waals surface area contributed by atoms with Gasteiger partial charge in [0, 0.05) is 25.5 Å². The van der Waals surface area contributed by atoms with Crippen LogP contribution in [-0.2, 0) is 6.54 Å². The minimum Gasteiger partial charge on any atom is -0.393 e. The maximum Gasteiger partial charge on any atom is 0.137 e. The zero-order chi connectivity index (χ0) is 12.5. The lowest BCUT2D eigenvalue weighted by molar-refractivity contribution is 0.0272. The first-order valence-corrected chi connectivity index (χ1v) is 6.50. The predicted molar refractivity (Wildman–Crippen MR) is 70.3 cm³/mol. The van der Waals surface area contributed by atoms with Crippen molar-refractivity contribution in [2.45, 2.75) is 25.5 Å². The summed E-state index contributed by atoms with van der Waals surface area (Å²) in [4.78, 5) is 6.88. The third-order valence-electron chi connectivity index (χ3n) is 3.63. The van der Waals surface area contributed by atoms with Gasteiger partial charge >= 0.3 is 0 Å². The predicted octanol–water partition coefficient (Wildman–Crippen LogP) is 1.54. The van der Waals surface area contributed by atoms with Crippen molar-refractivity contribution in [3.63, 3.8) is 0 Å². The van der Waals surface area contributed by atoms with E-state index in [1.165, 1.54) is 0 Å². The van der Waals surface area contributed by atoms with Crippen LogP contribution >= 0.6 is 0 Å². The Balaban J connectivity index is 1.61. The average molecular weight is 245 g/mol. The van der Waals surface area contributed by atoms with Crippen molar-refractivity contribution in [2.75, 3.05) is 13.6 Å². The molecule has 18 heavy (non-hydrogen) atoms. The van der Waals surface area contributed by atoms with Gasteiger partial charge in [0.05, 0.1) is 11.8 Å². The highest BCUT2D eigenvalue weighted by atomic mass is 16.3. The number of aliphatic hydroxyl groups is 1. The molecule has 1 N–H and O–H groups in total. The molecule has 0 aromatic carbocycles. The van der Waals surface area contributed by atoms with Crippen molar-refractivity contribution in [1.29, 1.82) is 0 Å². The first kappa shape index (κ1) is 11.7. The number of imidazole rings is 1. The van der Waals surface area contributed by atoms with Crippen LogP contribution in [0.1, 0.15) is 18.5 Å². The zero-order valence-electron chi connectivity index (χ0n) is 10.7. The molecule has 1 fully saturated rings. The van der Waals surface area contributed by atoms with Crippen LogP contribution in [0.5, 0.6) is 0 Å². The average Bonchev–Trinajstić information content (AvgIpc) is 2.68. The Morgan fingerprint density at radius 3 is 3.00 bits per heavy atom. The maximum atomic E-state index is 9.28. The van der Waals surface area contributed by atoms with Crippen LogP contribution < -0.4 is 0 Å². The molecule has 4 nitrogen and oxygen atoms in total. The minimum absolute atomic E-state index is 0.0569. The summed E-state index contributed by atoms with van der Waals surface area (Å²) in [7, 11) is 2.12. The summed E-state index contributed by atoms with van der Waals surface area (Å²) in [6.07, 6.45) is 5.96. The summed E-state index contributed by atoms with van der Waals surface area (Å²) < 4.78 is 2.05. The molecular formula is C14H19N3O. The molecule has 1 saturated carbocycles. The van der Waals surface area contributed by atoms with Crippen LogP contribution in [0.15, 0.2) is 30.6 Å². The number of hydrogen-bond donors (Lipinski definition) is 1. The number of aliphatic hydroxyl groups excluding tert-OH is 1. The number of fused-ring (bicyclic) bond motifs is 1. The molecule has 0 unspecified atom stereocenters. The van der Waals surface area contributed by atoms with Gasteiger partial charge < -0.3 is 14.4 Å². The van der Waals surface area contributed by atoms with E-state index < -0.39 is 0 Å². The van der Waals surface area contributed by atoms with Crippen LogP contribution in [0.25, 0.3) is 5.65 Å². The molecule has 0 amide bonds. The molecule has 0 bridgehead atoms. The van der Waals surface area contributed by atoms with Gasteiger partial charge in [0.25, 0.3) is 0 Å². The number of nitrogens with zero attached hydrogens (tertiary/aromatic N) is 3. The van der Waals surface area contributed by atoms with Gasteiger partial charge in [-0.05, 0) is 37.9 Å². The van der Waals surface area contributed by atoms with Crippen molar-refractivity contribution < 1.29 is 5.11 Å². The summed E-state index contributed by atoms with van der Waals surface area (Å²) in [5.41, 5.74) is 2.10. The van der Waals surface area contributed by atoms with Crippen LogP contribution in [0.3, 0.4) is 0 Å². The van der Waals surface area contributed by atoms with Crippen molar-refractivity contribution in [2.24, 2.45) is 5.92 Å². The van der Waals surface area contributed by atoms with E-state index in [1.807, 2.05) is 24.4 Å². The van der Waals surface area contributed by atoms with E-state index in [0.717, 1.165) is 37.3 Å². The highest BCUT2D eigenvalue weighted by molar-refractivity contribution is 5.39. The number of hydrogen-bond acceptors (Lipinski definition) is 3. The Morgan fingerprint density at radius 1 is 1.44 bits per heavy atom. The second-order valence-electron chi connectivity index (χ2n) is 5.39. The van der Waals surface area contributed by atoms with E-state index >= 15 is 0 Å². The molecular weight excluding hydrogens is 226 g/mol. The molecule has 0 atom stereocenters. The molecule has 1 aliphatic rings. The van der Waals surface area contributed by atoms with Crippen molar-refractivity contribution >= 4 is 5.65 Å². The number of aromatic nitrogens is 2. The topological polar surface area (TPSA) is 40.8 Å². The molecule has 0 spiro atoms. The van der Waals surface area contributed by atoms with Crippen LogP contribution in [0.4, 0.5) is 0 Å². The van der Waals surface area contributed by atoms with Gasteiger partial charge in [0.15, 0.2) is 0 Å². The molecule has 96 valence electrons. The Bertz CT molecular complexity index is 498. The van der Waals surface area contributed by atoms with Gasteiger partial charge in [0.2, 0.25) is 0 Å². The number of rotatable bonds is 4. The molecule has 0 saturated heterocycles. The molecule has 4 heteroatoms. The highest BCUT2D eigenvalue weighted by Crippen LogP contribution is 2.27. The zero-order valence-corrected chi connectivity index (χ0v) is 10.7. The number of pyridine rings is 1. The Labute approximate surface area is 107 Å². The van der Waals surface area contributed by atoms with Crippen LogP contribution in [0.2, 0.25) is 0 Å². The summed E-state index contributed by atoms with van der Waals surface area (Å²) in [6, 6.07) is 6.04. The fourth-order valence-electron chi connectivity index (χ4n) is 2.69. The standard InChI is InChI=1S/C14H19N3O/c1-16(8-11-6-13(18)7-11)9-12-10-17-5-3-2-4-14(17)15-12/h2-5,10-11,13,18H,6-9H2,1H3. The van der Waals surface area contributed by atoms with Crippen LogP contribution in [0, 0.1) is 5.92 Å². The summed E-state index contributed by atoms with van der Waals surface area (Å²) in [5.74, 6) is 0.655. The van der Waals surface area contributed by atoms with E-state index in [2.05, 4.69) is 27.5 Å². The Hall–Kier alpha value is -1.39. The third kappa shape index (κ3) is 2.40. The van der Waals surface area contributed by atoms with Crippen molar-refractivity contribution in [3.05, 3.63) is 36.3 Å². The van der Waals surface area contributed by atoms with E-state index in [4.69, 9.17) is 0 Å². The smallest absolute Gasteiger partial charge is 0.137 e. The summed E-state index contributed by atoms with van der Waals surface area (Å²) in [5, 5.41) is 9.28. The van der Waals surface area contributed by atoms with Gasteiger partial charge in [-0.15, -0.1) is 0 Å². The van der Waals surface area contributed by atoms with Gasteiger partial charge in [0.1, 0.15) is 5.65 Å². The fourth-order valence-corrected chi connectivity index (χ4v) is 2.69. The normalized spacial score (nSPS) is 23.5. The van der Waals surface area contributed by atoms with E-state index in [0.29, 0.717) is 5.92 Å². The van der Waals surface area contributed by atoms with Gasteiger partial charge in [-0.25, -0.2) is 4.98 Å². The molecule has 3 rings (SSSR count). The van der Waals surface area contributed by atoms with Crippen LogP contribution in [-0.4, -0.2) is 39.1 Å². The molecule has 2 heterocycles. The summed E-state index contributed by atoms with van der Waals surface area (Å²) in [6.45, 7) is 1.92. The van der Waals surface area contributed by atoms with Crippen molar-refractivity contribution in [3.8, 4) is 0 Å². The maximum absolute atomic E-state index is 9.28. The van der Waals surface area contributed by atoms with Crippen molar-refractivity contribution in [1.82, 2.24) is 14.3 Å². The quantitative estimate of drug-likeness (QED) is 0.888. The molecule has 2 aromatic rings. The lowest BCUT2D eigenvalue weighted by atomic mass is 9.82. The first-order chi connectivity index (χ1) is 8.70. The van der Waals surface area contributed by atoms with E-state index in [9.17, 15) is 5.11 Å². The molecule has 2 aromatic heterocycles. The lowest BCUT2D eigenvalue weighted by Crippen LogP contribution is -2.36. The Kier molecular flexibility index (Phi) is 3.06. The second-order valence-corrected chi connectivity index (χ2v) is 5.39. The fraction of sp³-hybridized carbons (Fsp3) is 0.500. The van der Waals surface area contributed by atoms with Gasteiger partial charge in [-0.3, -0.25) is 0 Å². The monoisotopic (exact) mass is 245 g/mol. The highest BCUT2D eigenvalue weighted by Gasteiger charge is 2.27. The largest absolute Gasteiger partial charge is 0.393 e. The van der Waals surface area contributed by atoms with Gasteiger partial charge in [-0.2, -0.15) is 0 Å². The minimum atomic E-state index is -0.0569. The second kappa shape index (κ2) is 4.71. The first-order valence-electron chi connectivity index (χ1n) is 6.50. The molecule has 0 radical (unpaired) electrons. The molecule has 0 aliphatic heterocycles. The Morgan fingerprint density at radius 2 is 2.28 bits per heavy atom. The lowest BCUT2D eigenvalue weighted by Gasteiger charge is -2.34. The SMILES string of the molecule is CN(Cc1cn2ccccc2n1)CC1CC(O)C1. The van der Waals surface area contributed by atoms with E-state index in [-0.39, 0.29) is 6.10 Å². The van der Waals surface area contributed by atoms with Gasteiger partial charge in [-0.1, -0.05) is 6.07 Å². The summed E-state index contributed by atoms with van der Waals surface area (Å²) >= 11 is 0.